The van der Waals surface area contributed by atoms with Crippen molar-refractivity contribution in [2.75, 3.05) is 5.32 Å². The molecule has 0 saturated heterocycles. The number of ketones is 1. The van der Waals surface area contributed by atoms with Gasteiger partial charge in [0.2, 0.25) is 0 Å². The molecule has 1 amide bonds. The normalized spacial score (nSPS) is 11.3. The molecular weight excluding hydrogens is 340 g/mol. The minimum Gasteiger partial charge on any atom is -0.449 e. The predicted molar refractivity (Wildman–Crippen MR) is 93.1 cm³/mol. The van der Waals surface area contributed by atoms with Gasteiger partial charge in [-0.1, -0.05) is 12.1 Å². The first-order valence-corrected chi connectivity index (χ1v) is 7.66. The fourth-order valence-corrected chi connectivity index (χ4v) is 2.12. The molecule has 0 aromatic heterocycles. The maximum absolute atomic E-state index is 12.1. The number of Topliss-reactive ketones (excluding diaryl/α,β-unsaturated/α-hetero) is 1. The van der Waals surface area contributed by atoms with Crippen molar-refractivity contribution in [2.24, 2.45) is 0 Å². The molecule has 2 aromatic rings. The lowest BCUT2D eigenvalue weighted by molar-refractivity contribution is -0.385. The van der Waals surface area contributed by atoms with Crippen LogP contribution in [0.15, 0.2) is 48.5 Å². The molecule has 0 unspecified atom stereocenters. The Morgan fingerprint density at radius 1 is 1.08 bits per heavy atom. The van der Waals surface area contributed by atoms with E-state index in [-0.39, 0.29) is 11.3 Å². The first kappa shape index (κ1) is 18.8. The van der Waals surface area contributed by atoms with E-state index in [4.69, 9.17) is 4.74 Å². The van der Waals surface area contributed by atoms with Gasteiger partial charge in [-0.15, -0.1) is 0 Å². The van der Waals surface area contributed by atoms with Crippen molar-refractivity contribution in [3.8, 4) is 0 Å². The Hall–Kier alpha value is -3.55. The van der Waals surface area contributed by atoms with Crippen LogP contribution in [0.5, 0.6) is 0 Å². The molecule has 0 aliphatic heterocycles. The van der Waals surface area contributed by atoms with E-state index in [2.05, 4.69) is 5.32 Å². The lowest BCUT2D eigenvalue weighted by atomic mass is 10.1. The first-order chi connectivity index (χ1) is 12.3. The van der Waals surface area contributed by atoms with Gasteiger partial charge in [0.05, 0.1) is 4.92 Å². The SMILES string of the molecule is CC(=O)c1ccc(NC(=O)[C@@H](C)OC(=O)c2ccccc2[N+](=O)[O-])cc1. The number of nitro groups is 1. The number of carbonyl (C=O) groups excluding carboxylic acids is 3. The van der Waals surface area contributed by atoms with E-state index in [9.17, 15) is 24.5 Å². The number of nitrogens with zero attached hydrogens (tertiary/aromatic N) is 1. The third kappa shape index (κ3) is 4.50. The minimum absolute atomic E-state index is 0.102. The van der Waals surface area contributed by atoms with Crippen molar-refractivity contribution in [1.82, 2.24) is 0 Å². The number of esters is 1. The molecule has 26 heavy (non-hydrogen) atoms. The van der Waals surface area contributed by atoms with Crippen LogP contribution in [-0.4, -0.2) is 28.7 Å². The number of benzene rings is 2. The fraction of sp³-hybridized carbons (Fsp3) is 0.167. The van der Waals surface area contributed by atoms with Crippen molar-refractivity contribution in [2.45, 2.75) is 20.0 Å². The van der Waals surface area contributed by atoms with Gasteiger partial charge in [0.1, 0.15) is 5.56 Å². The molecular formula is C18H16N2O6. The molecule has 0 aliphatic carbocycles. The Labute approximate surface area is 148 Å². The van der Waals surface area contributed by atoms with E-state index in [0.29, 0.717) is 11.3 Å². The molecule has 0 fully saturated rings. The molecule has 0 heterocycles. The summed E-state index contributed by atoms with van der Waals surface area (Å²) in [5.41, 5.74) is 0.292. The summed E-state index contributed by atoms with van der Waals surface area (Å²) < 4.78 is 5.01. The van der Waals surface area contributed by atoms with Crippen LogP contribution in [0.3, 0.4) is 0 Å². The smallest absolute Gasteiger partial charge is 0.345 e. The van der Waals surface area contributed by atoms with Gasteiger partial charge >= 0.3 is 5.97 Å². The van der Waals surface area contributed by atoms with E-state index < -0.39 is 28.6 Å². The molecule has 0 bridgehead atoms. The molecule has 0 saturated carbocycles. The van der Waals surface area contributed by atoms with E-state index in [1.54, 1.807) is 24.3 Å². The van der Waals surface area contributed by atoms with Crippen molar-refractivity contribution in [3.05, 3.63) is 69.8 Å². The van der Waals surface area contributed by atoms with Crippen LogP contribution >= 0.6 is 0 Å². The van der Waals surface area contributed by atoms with Crippen molar-refractivity contribution >= 4 is 29.0 Å². The van der Waals surface area contributed by atoms with Crippen LogP contribution in [0, 0.1) is 10.1 Å². The van der Waals surface area contributed by atoms with E-state index >= 15 is 0 Å². The molecule has 1 atom stereocenters. The zero-order valence-electron chi connectivity index (χ0n) is 14.1. The van der Waals surface area contributed by atoms with Crippen molar-refractivity contribution < 1.29 is 24.0 Å². The molecule has 2 aromatic carbocycles. The highest BCUT2D eigenvalue weighted by molar-refractivity contribution is 5.99. The van der Waals surface area contributed by atoms with E-state index in [1.165, 1.54) is 38.1 Å². The zero-order chi connectivity index (χ0) is 19.3. The highest BCUT2D eigenvalue weighted by Crippen LogP contribution is 2.19. The number of carbonyl (C=O) groups is 3. The van der Waals surface area contributed by atoms with Crippen LogP contribution in [0.4, 0.5) is 11.4 Å². The molecule has 0 aliphatic rings. The Bertz CT molecular complexity index is 860. The van der Waals surface area contributed by atoms with Crippen LogP contribution in [0.25, 0.3) is 0 Å². The number of anilines is 1. The van der Waals surface area contributed by atoms with E-state index in [0.717, 1.165) is 0 Å². The number of amides is 1. The molecule has 2 rings (SSSR count). The molecule has 1 N–H and O–H groups in total. The van der Waals surface area contributed by atoms with E-state index in [1.807, 2.05) is 0 Å². The molecule has 134 valence electrons. The average Bonchev–Trinajstić information content (AvgIpc) is 2.61. The summed E-state index contributed by atoms with van der Waals surface area (Å²) in [4.78, 5) is 45.7. The topological polar surface area (TPSA) is 116 Å². The van der Waals surface area contributed by atoms with Gasteiger partial charge in [0, 0.05) is 17.3 Å². The zero-order valence-corrected chi connectivity index (χ0v) is 14.1. The number of ether oxygens (including phenoxy) is 1. The average molecular weight is 356 g/mol. The van der Waals surface area contributed by atoms with Crippen molar-refractivity contribution in [1.29, 1.82) is 0 Å². The highest BCUT2D eigenvalue weighted by Gasteiger charge is 2.24. The second-order valence-electron chi connectivity index (χ2n) is 5.44. The molecule has 0 radical (unpaired) electrons. The van der Waals surface area contributed by atoms with Crippen LogP contribution < -0.4 is 5.32 Å². The summed E-state index contributed by atoms with van der Waals surface area (Å²) >= 11 is 0. The maximum atomic E-state index is 12.1. The molecule has 8 heteroatoms. The number of hydrogen-bond donors (Lipinski definition) is 1. The quantitative estimate of drug-likeness (QED) is 0.368. The number of nitro benzene ring substituents is 1. The fourth-order valence-electron chi connectivity index (χ4n) is 2.12. The van der Waals surface area contributed by atoms with Gasteiger partial charge in [-0.05, 0) is 44.2 Å². The van der Waals surface area contributed by atoms with Gasteiger partial charge in [-0.3, -0.25) is 19.7 Å². The Morgan fingerprint density at radius 3 is 2.27 bits per heavy atom. The summed E-state index contributed by atoms with van der Waals surface area (Å²) in [6.07, 6.45) is -1.17. The second-order valence-corrected chi connectivity index (χ2v) is 5.44. The molecule has 0 spiro atoms. The maximum Gasteiger partial charge on any atom is 0.345 e. The third-order valence-electron chi connectivity index (χ3n) is 3.53. The number of nitrogens with one attached hydrogen (secondary N) is 1. The van der Waals surface area contributed by atoms with Gasteiger partial charge < -0.3 is 10.1 Å². The Morgan fingerprint density at radius 2 is 1.69 bits per heavy atom. The summed E-state index contributed by atoms with van der Waals surface area (Å²) in [6, 6.07) is 11.5. The highest BCUT2D eigenvalue weighted by atomic mass is 16.6. The minimum atomic E-state index is -1.17. The Balaban J connectivity index is 2.04. The number of para-hydroxylation sites is 1. The standard InChI is InChI=1S/C18H16N2O6/c1-11(21)13-7-9-14(10-8-13)19-17(22)12(2)26-18(23)15-5-3-4-6-16(15)20(24)25/h3-10,12H,1-2H3,(H,19,22)/t12-/m1/s1. The van der Waals surface area contributed by atoms with Crippen LogP contribution in [-0.2, 0) is 9.53 Å². The number of hydrogen-bond acceptors (Lipinski definition) is 6. The van der Waals surface area contributed by atoms with Gasteiger partial charge in [-0.2, -0.15) is 0 Å². The Kier molecular flexibility index (Phi) is 5.79. The monoisotopic (exact) mass is 356 g/mol. The summed E-state index contributed by atoms with van der Waals surface area (Å²) in [5.74, 6) is -1.67. The van der Waals surface area contributed by atoms with Gasteiger partial charge in [0.15, 0.2) is 11.9 Å². The lowest BCUT2D eigenvalue weighted by Gasteiger charge is -2.13. The predicted octanol–water partition coefficient (Wildman–Crippen LogP) is 2.98. The number of rotatable bonds is 6. The third-order valence-corrected chi connectivity index (χ3v) is 3.53. The summed E-state index contributed by atoms with van der Waals surface area (Å²) in [5, 5.41) is 13.5. The second kappa shape index (κ2) is 8.02. The largest absolute Gasteiger partial charge is 0.449 e. The van der Waals surface area contributed by atoms with Crippen molar-refractivity contribution in [3.63, 3.8) is 0 Å². The van der Waals surface area contributed by atoms with Crippen LogP contribution in [0.2, 0.25) is 0 Å². The van der Waals surface area contributed by atoms with Gasteiger partial charge in [-0.25, -0.2) is 4.79 Å². The summed E-state index contributed by atoms with van der Waals surface area (Å²) in [7, 11) is 0. The molecule has 8 nitrogen and oxygen atoms in total. The van der Waals surface area contributed by atoms with Gasteiger partial charge in [0.25, 0.3) is 11.6 Å². The summed E-state index contributed by atoms with van der Waals surface area (Å²) in [6.45, 7) is 2.78. The lowest BCUT2D eigenvalue weighted by Crippen LogP contribution is -2.30. The first-order valence-electron chi connectivity index (χ1n) is 7.66. The van der Waals surface area contributed by atoms with Crippen LogP contribution in [0.1, 0.15) is 34.6 Å².